The van der Waals surface area contributed by atoms with Crippen molar-refractivity contribution in [1.82, 2.24) is 4.90 Å². The first-order chi connectivity index (χ1) is 7.43. The number of carbonyl (C=O) groups excluding carboxylic acids is 1. The predicted octanol–water partition coefficient (Wildman–Crippen LogP) is 0.369. The number of fused-ring (bicyclic) bond motifs is 1. The van der Waals surface area contributed by atoms with Gasteiger partial charge in [-0.05, 0) is 20.8 Å². The highest BCUT2D eigenvalue weighted by Crippen LogP contribution is 2.40. The summed E-state index contributed by atoms with van der Waals surface area (Å²) in [5.41, 5.74) is -0.323. The number of ether oxygens (including phenoxy) is 2. The monoisotopic (exact) mass is 231 g/mol. The van der Waals surface area contributed by atoms with E-state index in [1.54, 1.807) is 0 Å². The van der Waals surface area contributed by atoms with Gasteiger partial charge in [0.25, 0.3) is 6.47 Å². The molecule has 1 N–H and O–H groups in total. The Labute approximate surface area is 96.3 Å². The summed E-state index contributed by atoms with van der Waals surface area (Å²) in [4.78, 5) is 11.9. The van der Waals surface area contributed by atoms with Crippen molar-refractivity contribution in [2.45, 2.75) is 38.5 Å². The molecule has 0 saturated carbocycles. The van der Waals surface area contributed by atoms with Crippen LogP contribution in [0.15, 0.2) is 0 Å². The molecule has 5 heteroatoms. The minimum absolute atomic E-state index is 0.00521. The van der Waals surface area contributed by atoms with Crippen molar-refractivity contribution >= 4 is 6.47 Å². The minimum atomic E-state index is -0.318. The number of rotatable bonds is 3. The fourth-order valence-corrected chi connectivity index (χ4v) is 1.66. The third-order valence-electron chi connectivity index (χ3n) is 2.55. The molecule has 0 aromatic rings. The first-order valence-corrected chi connectivity index (χ1v) is 5.55. The summed E-state index contributed by atoms with van der Waals surface area (Å²) >= 11 is 0. The van der Waals surface area contributed by atoms with E-state index < -0.39 is 0 Å². The number of hydrogen-bond donors (Lipinski definition) is 1. The standard InChI is InChI=1S/C6H11NO2.C5H10O2/c8-3-1-6-5-7(6)2-4-9-6;1-5(2,3)7-4-6/h8H,1-5H2;4H,1-3H3. The number of aliphatic hydroxyl groups is 1. The molecule has 16 heavy (non-hydrogen) atoms. The molecular weight excluding hydrogens is 210 g/mol. The molecule has 2 saturated heterocycles. The van der Waals surface area contributed by atoms with Crippen LogP contribution in [0, 0.1) is 0 Å². The molecule has 0 aliphatic carbocycles. The summed E-state index contributed by atoms with van der Waals surface area (Å²) in [7, 11) is 0. The second-order valence-corrected chi connectivity index (χ2v) is 5.02. The maximum atomic E-state index is 9.60. The zero-order valence-corrected chi connectivity index (χ0v) is 10.2. The molecular formula is C11H21NO4. The average Bonchev–Trinajstić information content (AvgIpc) is 2.67. The molecule has 0 aromatic heterocycles. The molecule has 2 fully saturated rings. The second kappa shape index (κ2) is 5.12. The van der Waals surface area contributed by atoms with E-state index in [0.717, 1.165) is 26.1 Å². The van der Waals surface area contributed by atoms with Crippen molar-refractivity contribution in [3.8, 4) is 0 Å². The third kappa shape index (κ3) is 3.73. The number of carbonyl (C=O) groups is 1. The largest absolute Gasteiger partial charge is 0.462 e. The Morgan fingerprint density at radius 2 is 2.25 bits per heavy atom. The highest BCUT2D eigenvalue weighted by atomic mass is 16.5. The quantitative estimate of drug-likeness (QED) is 0.561. The highest BCUT2D eigenvalue weighted by molar-refractivity contribution is 5.37. The Morgan fingerprint density at radius 3 is 2.50 bits per heavy atom. The van der Waals surface area contributed by atoms with Crippen molar-refractivity contribution in [1.29, 1.82) is 0 Å². The summed E-state index contributed by atoms with van der Waals surface area (Å²) in [6.07, 6.45) is 0.785. The predicted molar refractivity (Wildman–Crippen MR) is 58.9 cm³/mol. The third-order valence-corrected chi connectivity index (χ3v) is 2.55. The van der Waals surface area contributed by atoms with Crippen molar-refractivity contribution in [2.24, 2.45) is 0 Å². The fourth-order valence-electron chi connectivity index (χ4n) is 1.66. The average molecular weight is 231 g/mol. The number of nitrogens with zero attached hydrogens (tertiary/aromatic N) is 1. The lowest BCUT2D eigenvalue weighted by Gasteiger charge is -2.14. The molecule has 2 heterocycles. The lowest BCUT2D eigenvalue weighted by Crippen LogP contribution is -2.17. The number of hydrogen-bond acceptors (Lipinski definition) is 5. The molecule has 2 unspecified atom stereocenters. The van der Waals surface area contributed by atoms with Crippen LogP contribution >= 0.6 is 0 Å². The maximum Gasteiger partial charge on any atom is 0.293 e. The van der Waals surface area contributed by atoms with Gasteiger partial charge in [0.2, 0.25) is 0 Å². The van der Waals surface area contributed by atoms with Crippen LogP contribution in [0.25, 0.3) is 0 Å². The molecule has 2 rings (SSSR count). The minimum Gasteiger partial charge on any atom is -0.462 e. The van der Waals surface area contributed by atoms with Gasteiger partial charge in [0.15, 0.2) is 0 Å². The number of morpholine rings is 1. The van der Waals surface area contributed by atoms with Gasteiger partial charge in [-0.2, -0.15) is 0 Å². The Kier molecular flexibility index (Phi) is 4.29. The van der Waals surface area contributed by atoms with Gasteiger partial charge in [-0.25, -0.2) is 0 Å². The molecule has 0 radical (unpaired) electrons. The smallest absolute Gasteiger partial charge is 0.293 e. The van der Waals surface area contributed by atoms with Gasteiger partial charge in [-0.15, -0.1) is 0 Å². The SMILES string of the molecule is CC(C)(C)OC=O.OCCC12CN1CCO2. The van der Waals surface area contributed by atoms with Crippen LogP contribution in [0.5, 0.6) is 0 Å². The van der Waals surface area contributed by atoms with E-state index in [1.807, 2.05) is 20.8 Å². The highest BCUT2D eigenvalue weighted by Gasteiger charge is 2.56. The summed E-state index contributed by atoms with van der Waals surface area (Å²) in [6.45, 7) is 9.11. The van der Waals surface area contributed by atoms with Gasteiger partial charge >= 0.3 is 0 Å². The van der Waals surface area contributed by atoms with Crippen LogP contribution < -0.4 is 0 Å². The van der Waals surface area contributed by atoms with E-state index in [2.05, 4.69) is 9.64 Å². The molecule has 0 bridgehead atoms. The van der Waals surface area contributed by atoms with Crippen molar-refractivity contribution in [3.05, 3.63) is 0 Å². The van der Waals surface area contributed by atoms with Gasteiger partial charge in [0, 0.05) is 26.1 Å². The lowest BCUT2D eigenvalue weighted by atomic mass is 10.2. The normalized spacial score (nSPS) is 31.1. The van der Waals surface area contributed by atoms with E-state index in [9.17, 15) is 4.79 Å². The van der Waals surface area contributed by atoms with Gasteiger partial charge in [-0.1, -0.05) is 0 Å². The van der Waals surface area contributed by atoms with Crippen LogP contribution in [-0.4, -0.2) is 54.1 Å². The summed E-state index contributed by atoms with van der Waals surface area (Å²) in [5.74, 6) is 0. The van der Waals surface area contributed by atoms with E-state index in [-0.39, 0.29) is 17.9 Å². The van der Waals surface area contributed by atoms with Crippen molar-refractivity contribution in [2.75, 3.05) is 26.3 Å². The zero-order chi connectivity index (χ0) is 12.2. The van der Waals surface area contributed by atoms with Gasteiger partial charge in [0.05, 0.1) is 6.61 Å². The Hall–Kier alpha value is -0.650. The molecule has 0 spiro atoms. The van der Waals surface area contributed by atoms with Gasteiger partial charge < -0.3 is 14.6 Å². The van der Waals surface area contributed by atoms with Crippen molar-refractivity contribution in [3.63, 3.8) is 0 Å². The van der Waals surface area contributed by atoms with Gasteiger partial charge in [-0.3, -0.25) is 9.69 Å². The zero-order valence-electron chi connectivity index (χ0n) is 10.2. The molecule has 0 aromatic carbocycles. The summed E-state index contributed by atoms with van der Waals surface area (Å²) < 4.78 is 9.97. The van der Waals surface area contributed by atoms with Crippen LogP contribution in [0.2, 0.25) is 0 Å². The fraction of sp³-hybridized carbons (Fsp3) is 0.909. The van der Waals surface area contributed by atoms with Crippen LogP contribution in [0.3, 0.4) is 0 Å². The topological polar surface area (TPSA) is 58.8 Å². The molecule has 5 nitrogen and oxygen atoms in total. The molecule has 94 valence electrons. The van der Waals surface area contributed by atoms with Crippen LogP contribution in [0.1, 0.15) is 27.2 Å². The summed E-state index contributed by atoms with van der Waals surface area (Å²) in [6, 6.07) is 0. The Bertz CT molecular complexity index is 239. The Morgan fingerprint density at radius 1 is 1.56 bits per heavy atom. The van der Waals surface area contributed by atoms with E-state index in [4.69, 9.17) is 9.84 Å². The molecule has 2 aliphatic rings. The van der Waals surface area contributed by atoms with Crippen molar-refractivity contribution < 1.29 is 19.4 Å². The van der Waals surface area contributed by atoms with Gasteiger partial charge in [0.1, 0.15) is 11.3 Å². The summed E-state index contributed by atoms with van der Waals surface area (Å²) in [5, 5.41) is 8.61. The molecule has 2 atom stereocenters. The Balaban J connectivity index is 0.000000168. The molecule has 0 amide bonds. The first kappa shape index (κ1) is 13.4. The van der Waals surface area contributed by atoms with Crippen LogP contribution in [0.4, 0.5) is 0 Å². The lowest BCUT2D eigenvalue weighted by molar-refractivity contribution is -0.138. The first-order valence-electron chi connectivity index (χ1n) is 5.55. The van der Waals surface area contributed by atoms with E-state index in [1.165, 1.54) is 0 Å². The molecule has 2 aliphatic heterocycles. The van der Waals surface area contributed by atoms with Crippen LogP contribution in [-0.2, 0) is 14.3 Å². The maximum absolute atomic E-state index is 9.60. The van der Waals surface area contributed by atoms with E-state index in [0.29, 0.717) is 6.47 Å². The van der Waals surface area contributed by atoms with E-state index >= 15 is 0 Å². The number of aliphatic hydroxyl groups excluding tert-OH is 1. The second-order valence-electron chi connectivity index (χ2n) is 5.02.